The number of amides is 1. The molecular formula is C13H25N3O2. The number of carbonyl (C=O) groups is 1. The van der Waals surface area contributed by atoms with Gasteiger partial charge in [-0.3, -0.25) is 9.69 Å². The predicted octanol–water partition coefficient (Wildman–Crippen LogP) is -0.177. The van der Waals surface area contributed by atoms with Crippen molar-refractivity contribution in [3.8, 4) is 0 Å². The number of ether oxygens (including phenoxy) is 1. The monoisotopic (exact) mass is 255 g/mol. The quantitative estimate of drug-likeness (QED) is 0.732. The van der Waals surface area contributed by atoms with Gasteiger partial charge in [0.25, 0.3) is 0 Å². The van der Waals surface area contributed by atoms with Crippen LogP contribution in [0.2, 0.25) is 0 Å². The lowest BCUT2D eigenvalue weighted by atomic mass is 10.0. The molecule has 2 saturated heterocycles. The Labute approximate surface area is 109 Å². The minimum absolute atomic E-state index is 0.00746. The van der Waals surface area contributed by atoms with Crippen LogP contribution in [-0.4, -0.2) is 62.8 Å². The third-order valence-corrected chi connectivity index (χ3v) is 3.98. The van der Waals surface area contributed by atoms with E-state index in [0.29, 0.717) is 5.92 Å². The van der Waals surface area contributed by atoms with Crippen molar-refractivity contribution in [3.05, 3.63) is 0 Å². The van der Waals surface area contributed by atoms with Crippen molar-refractivity contribution in [2.45, 2.75) is 25.8 Å². The Hall–Kier alpha value is -0.650. The summed E-state index contributed by atoms with van der Waals surface area (Å²) in [5, 5.41) is 6.40. The molecule has 1 unspecified atom stereocenters. The molecule has 2 rings (SSSR count). The Morgan fingerprint density at radius 2 is 2.06 bits per heavy atom. The van der Waals surface area contributed by atoms with Crippen molar-refractivity contribution < 1.29 is 9.53 Å². The van der Waals surface area contributed by atoms with Gasteiger partial charge in [-0.25, -0.2) is 0 Å². The van der Waals surface area contributed by atoms with Crippen molar-refractivity contribution in [2.75, 3.05) is 45.9 Å². The highest BCUT2D eigenvalue weighted by Crippen LogP contribution is 2.13. The summed E-state index contributed by atoms with van der Waals surface area (Å²) in [6.45, 7) is 8.39. The van der Waals surface area contributed by atoms with Gasteiger partial charge in [-0.05, 0) is 25.7 Å². The van der Waals surface area contributed by atoms with Gasteiger partial charge in [0, 0.05) is 45.9 Å². The molecule has 1 atom stereocenters. The second kappa shape index (κ2) is 7.07. The van der Waals surface area contributed by atoms with E-state index in [4.69, 9.17) is 4.74 Å². The summed E-state index contributed by atoms with van der Waals surface area (Å²) in [5.41, 5.74) is 0. The fourth-order valence-corrected chi connectivity index (χ4v) is 2.58. The van der Waals surface area contributed by atoms with Gasteiger partial charge in [0.05, 0.1) is 6.04 Å². The zero-order chi connectivity index (χ0) is 12.8. The first-order valence-electron chi connectivity index (χ1n) is 7.07. The fraction of sp³-hybridized carbons (Fsp3) is 0.923. The minimum atomic E-state index is -0.00746. The van der Waals surface area contributed by atoms with E-state index in [2.05, 4.69) is 15.5 Å². The number of nitrogens with one attached hydrogen (secondary N) is 2. The maximum absolute atomic E-state index is 12.1. The first-order chi connectivity index (χ1) is 8.77. The summed E-state index contributed by atoms with van der Waals surface area (Å²) >= 11 is 0. The molecule has 18 heavy (non-hydrogen) atoms. The van der Waals surface area contributed by atoms with E-state index in [9.17, 15) is 4.79 Å². The highest BCUT2D eigenvalue weighted by molar-refractivity contribution is 5.81. The average molecular weight is 255 g/mol. The molecule has 2 aliphatic rings. The molecule has 5 heteroatoms. The van der Waals surface area contributed by atoms with Gasteiger partial charge in [0.1, 0.15) is 0 Å². The number of hydrogen-bond donors (Lipinski definition) is 2. The summed E-state index contributed by atoms with van der Waals surface area (Å²) in [7, 11) is 0. The Morgan fingerprint density at radius 1 is 1.39 bits per heavy atom. The summed E-state index contributed by atoms with van der Waals surface area (Å²) in [5.74, 6) is 0.765. The van der Waals surface area contributed by atoms with Crippen LogP contribution in [0, 0.1) is 5.92 Å². The third-order valence-electron chi connectivity index (χ3n) is 3.98. The number of hydrogen-bond acceptors (Lipinski definition) is 4. The van der Waals surface area contributed by atoms with E-state index < -0.39 is 0 Å². The number of nitrogens with zero attached hydrogens (tertiary/aromatic N) is 1. The van der Waals surface area contributed by atoms with Crippen LogP contribution < -0.4 is 10.6 Å². The van der Waals surface area contributed by atoms with Crippen LogP contribution in [0.1, 0.15) is 19.8 Å². The molecule has 2 N–H and O–H groups in total. The first kappa shape index (κ1) is 13.8. The molecule has 0 aromatic carbocycles. The van der Waals surface area contributed by atoms with Crippen LogP contribution in [-0.2, 0) is 9.53 Å². The van der Waals surface area contributed by atoms with Crippen molar-refractivity contribution in [3.63, 3.8) is 0 Å². The van der Waals surface area contributed by atoms with Gasteiger partial charge in [0.2, 0.25) is 5.91 Å². The SMILES string of the molecule is CC(C(=O)NCC1CCOCC1)N1CCNCC1. The summed E-state index contributed by atoms with van der Waals surface area (Å²) in [4.78, 5) is 14.3. The van der Waals surface area contributed by atoms with E-state index in [1.807, 2.05) is 6.92 Å². The second-order valence-electron chi connectivity index (χ2n) is 5.26. The van der Waals surface area contributed by atoms with Gasteiger partial charge >= 0.3 is 0 Å². The predicted molar refractivity (Wildman–Crippen MR) is 70.5 cm³/mol. The molecule has 104 valence electrons. The van der Waals surface area contributed by atoms with Crippen LogP contribution in [0.15, 0.2) is 0 Å². The molecule has 0 aromatic heterocycles. The maximum Gasteiger partial charge on any atom is 0.237 e. The number of carbonyl (C=O) groups excluding carboxylic acids is 1. The Morgan fingerprint density at radius 3 is 2.72 bits per heavy atom. The summed E-state index contributed by atoms with van der Waals surface area (Å²) in [6, 6.07) is -0.00746. The van der Waals surface area contributed by atoms with Gasteiger partial charge in [0.15, 0.2) is 0 Å². The van der Waals surface area contributed by atoms with Gasteiger partial charge < -0.3 is 15.4 Å². The third kappa shape index (κ3) is 3.93. The van der Waals surface area contributed by atoms with Crippen LogP contribution in [0.25, 0.3) is 0 Å². The normalized spacial score (nSPS) is 24.7. The topological polar surface area (TPSA) is 53.6 Å². The highest BCUT2D eigenvalue weighted by Gasteiger charge is 2.23. The fourth-order valence-electron chi connectivity index (χ4n) is 2.58. The van der Waals surface area contributed by atoms with Gasteiger partial charge in [-0.2, -0.15) is 0 Å². The van der Waals surface area contributed by atoms with Crippen LogP contribution in [0.3, 0.4) is 0 Å². The molecule has 5 nitrogen and oxygen atoms in total. The smallest absolute Gasteiger partial charge is 0.237 e. The van der Waals surface area contributed by atoms with Crippen molar-refractivity contribution in [2.24, 2.45) is 5.92 Å². The largest absolute Gasteiger partial charge is 0.381 e. The molecule has 2 fully saturated rings. The Bertz CT molecular complexity index is 261. The van der Waals surface area contributed by atoms with Crippen molar-refractivity contribution >= 4 is 5.91 Å². The second-order valence-corrected chi connectivity index (χ2v) is 5.26. The summed E-state index contributed by atoms with van der Waals surface area (Å²) < 4.78 is 5.32. The lowest BCUT2D eigenvalue weighted by Gasteiger charge is -2.32. The molecule has 0 aliphatic carbocycles. The lowest BCUT2D eigenvalue weighted by molar-refractivity contribution is -0.126. The molecule has 0 saturated carbocycles. The maximum atomic E-state index is 12.1. The molecule has 1 amide bonds. The lowest BCUT2D eigenvalue weighted by Crippen LogP contribution is -2.53. The minimum Gasteiger partial charge on any atom is -0.381 e. The van der Waals surface area contributed by atoms with Crippen LogP contribution >= 0.6 is 0 Å². The van der Waals surface area contributed by atoms with E-state index in [1.165, 1.54) is 0 Å². The first-order valence-corrected chi connectivity index (χ1v) is 7.07. The zero-order valence-electron chi connectivity index (χ0n) is 11.3. The average Bonchev–Trinajstić information content (AvgIpc) is 2.46. The van der Waals surface area contributed by atoms with Crippen molar-refractivity contribution in [1.82, 2.24) is 15.5 Å². The van der Waals surface area contributed by atoms with Gasteiger partial charge in [-0.15, -0.1) is 0 Å². The van der Waals surface area contributed by atoms with Crippen LogP contribution in [0.4, 0.5) is 0 Å². The molecule has 0 bridgehead atoms. The molecule has 2 aliphatic heterocycles. The summed E-state index contributed by atoms with van der Waals surface area (Å²) in [6.07, 6.45) is 2.14. The number of piperazine rings is 1. The Kier molecular flexibility index (Phi) is 5.41. The van der Waals surface area contributed by atoms with E-state index >= 15 is 0 Å². The van der Waals surface area contributed by atoms with Gasteiger partial charge in [-0.1, -0.05) is 0 Å². The van der Waals surface area contributed by atoms with Crippen molar-refractivity contribution in [1.29, 1.82) is 0 Å². The standard InChI is InChI=1S/C13H25N3O2/c1-11(16-6-4-14-5-7-16)13(17)15-10-12-2-8-18-9-3-12/h11-12,14H,2-10H2,1H3,(H,15,17). The van der Waals surface area contributed by atoms with E-state index in [1.54, 1.807) is 0 Å². The van der Waals surface area contributed by atoms with E-state index in [-0.39, 0.29) is 11.9 Å². The highest BCUT2D eigenvalue weighted by atomic mass is 16.5. The van der Waals surface area contributed by atoms with Crippen LogP contribution in [0.5, 0.6) is 0 Å². The molecule has 0 spiro atoms. The van der Waals surface area contributed by atoms with E-state index in [0.717, 1.165) is 58.8 Å². The number of rotatable bonds is 4. The molecule has 2 heterocycles. The molecule has 0 radical (unpaired) electrons. The molecule has 0 aromatic rings. The molecular weight excluding hydrogens is 230 g/mol. The zero-order valence-corrected chi connectivity index (χ0v) is 11.3. The Balaban J connectivity index is 1.69.